The zero-order chi connectivity index (χ0) is 19.4. The van der Waals surface area contributed by atoms with Gasteiger partial charge in [-0.05, 0) is 0 Å². The van der Waals surface area contributed by atoms with E-state index in [1.165, 1.54) is 0 Å². The summed E-state index contributed by atoms with van der Waals surface area (Å²) in [4.78, 5) is 53.2. The summed E-state index contributed by atoms with van der Waals surface area (Å²) in [6, 6.07) is -2.99. The largest absolute Gasteiger partial charge is 0.649 e. The van der Waals surface area contributed by atoms with Gasteiger partial charge in [-0.25, -0.2) is 0 Å². The van der Waals surface area contributed by atoms with Crippen LogP contribution in [0.4, 0.5) is 0 Å². The van der Waals surface area contributed by atoms with E-state index in [-0.39, 0.29) is 0 Å². The molecule has 0 rings (SSSR count). The highest BCUT2D eigenvalue weighted by molar-refractivity contribution is 5.08. The van der Waals surface area contributed by atoms with Crippen LogP contribution in [0, 0.1) is 60.7 Å². The van der Waals surface area contributed by atoms with E-state index in [9.17, 15) is 60.7 Å². The molecule has 0 saturated heterocycles. The van der Waals surface area contributed by atoms with Crippen LogP contribution in [0.2, 0.25) is 0 Å². The van der Waals surface area contributed by atoms with Crippen molar-refractivity contribution in [1.82, 2.24) is 0 Å². The average Bonchev–Trinajstić information content (AvgIpc) is 2.39. The molecule has 24 heavy (non-hydrogen) atoms. The minimum Gasteiger partial charge on any atom is -0.264 e. The van der Waals surface area contributed by atoms with E-state index in [1.807, 2.05) is 0 Å². The summed E-state index contributed by atoms with van der Waals surface area (Å²) in [5.41, 5.74) is -7.27. The molecule has 0 N–H and O–H groups in total. The summed E-state index contributed by atoms with van der Waals surface area (Å²) in [6.07, 6.45) is -1.06. The van der Waals surface area contributed by atoms with Crippen molar-refractivity contribution in [3.8, 4) is 0 Å². The van der Waals surface area contributed by atoms with Gasteiger partial charge in [0.15, 0.2) is 0 Å². The number of nitrogens with zero attached hydrogens (tertiary/aromatic N) is 6. The summed E-state index contributed by atoms with van der Waals surface area (Å²) >= 11 is 0. The highest BCUT2D eigenvalue weighted by Crippen LogP contribution is 2.32. The third-order valence-corrected chi connectivity index (χ3v) is 2.75. The van der Waals surface area contributed by atoms with Gasteiger partial charge in [0.1, 0.15) is 19.7 Å². The molecule has 0 amide bonds. The first-order valence-corrected chi connectivity index (χ1v) is 5.47. The van der Waals surface area contributed by atoms with Gasteiger partial charge < -0.3 is 0 Å². The molecule has 0 radical (unpaired) electrons. The molecule has 0 aromatic rings. The van der Waals surface area contributed by atoms with Crippen LogP contribution < -0.4 is 0 Å². The number of hydrogen-bond donors (Lipinski definition) is 0. The molecule has 0 bridgehead atoms. The predicted molar refractivity (Wildman–Crippen MR) is 65.8 cm³/mol. The van der Waals surface area contributed by atoms with Crippen LogP contribution in [-0.2, 0) is 0 Å². The van der Waals surface area contributed by atoms with Gasteiger partial charge in [-0.3, -0.25) is 60.7 Å². The second-order valence-electron chi connectivity index (χ2n) is 3.89. The Kier molecular flexibility index (Phi) is 5.82. The highest BCUT2D eigenvalue weighted by atomic mass is 16.7. The number of hydrogen-bond acceptors (Lipinski definition) is 12. The molecular weight excluding hydrogens is 348 g/mol. The van der Waals surface area contributed by atoms with Crippen LogP contribution in [0.1, 0.15) is 13.3 Å². The topological polar surface area (TPSA) is 259 Å². The first kappa shape index (κ1) is 20.1. The van der Waals surface area contributed by atoms with Crippen LogP contribution in [0.5, 0.6) is 0 Å². The second-order valence-corrected chi connectivity index (χ2v) is 3.89. The molecule has 0 spiro atoms. The smallest absolute Gasteiger partial charge is 0.264 e. The molecular formula is C6H6N6O12. The quantitative estimate of drug-likeness (QED) is 0.282. The van der Waals surface area contributed by atoms with E-state index < -0.39 is 59.2 Å². The Morgan fingerprint density at radius 1 is 0.792 bits per heavy atom. The molecule has 0 aliphatic rings. The minimum absolute atomic E-state index is 0.796. The maximum atomic E-state index is 11.1. The molecule has 0 aliphatic carbocycles. The molecule has 1 unspecified atom stereocenters. The Hall–Kier alpha value is -3.86. The molecule has 0 heterocycles. The van der Waals surface area contributed by atoms with Gasteiger partial charge in [-0.15, -0.1) is 0 Å². The summed E-state index contributed by atoms with van der Waals surface area (Å²) < 4.78 is 0. The molecule has 132 valence electrons. The fourth-order valence-electron chi connectivity index (χ4n) is 1.84. The van der Waals surface area contributed by atoms with Gasteiger partial charge >= 0.3 is 23.2 Å². The van der Waals surface area contributed by atoms with Gasteiger partial charge in [0, 0.05) is 11.3 Å². The lowest BCUT2D eigenvalue weighted by molar-refractivity contribution is -0.841. The third-order valence-electron chi connectivity index (χ3n) is 2.75. The zero-order valence-electron chi connectivity index (χ0n) is 11.4. The van der Waals surface area contributed by atoms with Gasteiger partial charge in [-0.1, -0.05) is 6.92 Å². The molecule has 0 aliphatic heterocycles. The van der Waals surface area contributed by atoms with Crippen LogP contribution in [0.15, 0.2) is 11.5 Å². The van der Waals surface area contributed by atoms with Crippen molar-refractivity contribution in [3.05, 3.63) is 72.2 Å². The lowest BCUT2D eigenvalue weighted by Gasteiger charge is -2.15. The van der Waals surface area contributed by atoms with E-state index >= 15 is 0 Å². The Morgan fingerprint density at radius 3 is 1.33 bits per heavy atom. The van der Waals surface area contributed by atoms with Crippen molar-refractivity contribution in [1.29, 1.82) is 0 Å². The SMILES string of the molecule is CCC([N+](=O)[O-])C(C(=C([N+](=O)[O-])[N+](=O)[O-])[N+](=O)[O-])([N+](=O)[O-])[N+](=O)[O-]. The Balaban J connectivity index is 7.45. The normalized spacial score (nSPS) is 11.9. The van der Waals surface area contributed by atoms with Crippen molar-refractivity contribution in [2.75, 3.05) is 0 Å². The molecule has 1 atom stereocenters. The summed E-state index contributed by atoms with van der Waals surface area (Å²) in [5.74, 6) is -2.71. The molecule has 0 saturated carbocycles. The lowest BCUT2D eigenvalue weighted by Crippen LogP contribution is -2.62. The van der Waals surface area contributed by atoms with E-state index in [0.29, 0.717) is 0 Å². The maximum Gasteiger partial charge on any atom is 0.649 e. The first-order chi connectivity index (χ1) is 10.9. The van der Waals surface area contributed by atoms with Crippen molar-refractivity contribution in [2.45, 2.75) is 25.0 Å². The summed E-state index contributed by atoms with van der Waals surface area (Å²) in [5, 5.41) is 65.4. The van der Waals surface area contributed by atoms with E-state index in [2.05, 4.69) is 0 Å². The number of rotatable bonds is 9. The minimum atomic E-state index is -4.54. The third kappa shape index (κ3) is 3.00. The summed E-state index contributed by atoms with van der Waals surface area (Å²) in [7, 11) is 0. The Labute approximate surface area is 128 Å². The summed E-state index contributed by atoms with van der Waals surface area (Å²) in [6.45, 7) is 0.796. The van der Waals surface area contributed by atoms with Crippen LogP contribution in [0.3, 0.4) is 0 Å². The van der Waals surface area contributed by atoms with Crippen molar-refractivity contribution >= 4 is 0 Å². The van der Waals surface area contributed by atoms with Gasteiger partial charge in [0.05, 0.1) is 4.92 Å². The van der Waals surface area contributed by atoms with E-state index in [1.54, 1.807) is 0 Å². The van der Waals surface area contributed by atoms with Gasteiger partial charge in [0.2, 0.25) is 0 Å². The lowest BCUT2D eigenvalue weighted by atomic mass is 9.95. The maximum absolute atomic E-state index is 11.1. The monoisotopic (exact) mass is 354 g/mol. The fourth-order valence-corrected chi connectivity index (χ4v) is 1.84. The highest BCUT2D eigenvalue weighted by Gasteiger charge is 2.84. The average molecular weight is 354 g/mol. The predicted octanol–water partition coefficient (Wildman–Crippen LogP) is -0.709. The van der Waals surface area contributed by atoms with Gasteiger partial charge in [0.25, 0.3) is 0 Å². The van der Waals surface area contributed by atoms with Crippen molar-refractivity contribution in [2.24, 2.45) is 0 Å². The molecule has 0 fully saturated rings. The molecule has 0 aromatic heterocycles. The van der Waals surface area contributed by atoms with E-state index in [4.69, 9.17) is 0 Å². The first-order valence-electron chi connectivity index (χ1n) is 5.47. The van der Waals surface area contributed by atoms with Crippen LogP contribution in [-0.4, -0.2) is 41.2 Å². The zero-order valence-corrected chi connectivity index (χ0v) is 11.4. The van der Waals surface area contributed by atoms with Gasteiger partial charge in [-0.2, -0.15) is 0 Å². The van der Waals surface area contributed by atoms with E-state index in [0.717, 1.165) is 6.92 Å². The number of nitro groups is 6. The van der Waals surface area contributed by atoms with Crippen LogP contribution in [0.25, 0.3) is 0 Å². The standard InChI is InChI=1S/C6H6N6O12/c1-2-3(7(13)14)6(11(21)22,12(23)24)4(8(15)16)5(9(17)18)10(19)20/h3H,2H2,1H3. The molecule has 18 nitrogen and oxygen atoms in total. The fraction of sp³-hybridized carbons (Fsp3) is 0.667. The second kappa shape index (κ2) is 6.93. The molecule has 0 aromatic carbocycles. The van der Waals surface area contributed by atoms with Crippen LogP contribution >= 0.6 is 0 Å². The molecule has 18 heteroatoms. The Bertz CT molecular complexity index is 637. The van der Waals surface area contributed by atoms with Crippen molar-refractivity contribution < 1.29 is 29.5 Å². The Morgan fingerprint density at radius 2 is 1.17 bits per heavy atom. The van der Waals surface area contributed by atoms with Crippen molar-refractivity contribution in [3.63, 3.8) is 0 Å².